The molecule has 0 spiro atoms. The molecule has 1 heterocycles. The fourth-order valence-corrected chi connectivity index (χ4v) is 3.23. The Labute approximate surface area is 143 Å². The summed E-state index contributed by atoms with van der Waals surface area (Å²) in [6.45, 7) is 1.89. The second kappa shape index (κ2) is 7.98. The minimum Gasteiger partial charge on any atom is -0.370 e. The van der Waals surface area contributed by atoms with Gasteiger partial charge in [-0.2, -0.15) is 0 Å². The van der Waals surface area contributed by atoms with E-state index in [1.807, 2.05) is 25.1 Å². The summed E-state index contributed by atoms with van der Waals surface area (Å²) < 4.78 is 1.04. The molecule has 0 aliphatic carbocycles. The fraction of sp³-hybridized carbons (Fsp3) is 0.375. The van der Waals surface area contributed by atoms with E-state index >= 15 is 0 Å². The molecule has 1 aromatic carbocycles. The maximum atomic E-state index is 12.0. The van der Waals surface area contributed by atoms with Crippen LogP contribution >= 0.6 is 11.3 Å². The number of thiazole rings is 1. The van der Waals surface area contributed by atoms with E-state index in [1.54, 1.807) is 0 Å². The van der Waals surface area contributed by atoms with Crippen LogP contribution in [0.4, 0.5) is 0 Å². The van der Waals surface area contributed by atoms with Crippen molar-refractivity contribution in [3.63, 3.8) is 0 Å². The number of hydrogen-bond acceptors (Lipinski definition) is 6. The quantitative estimate of drug-likeness (QED) is 0.637. The number of rotatable bonds is 8. The molecule has 0 unspecified atom stereocenters. The van der Waals surface area contributed by atoms with Gasteiger partial charge in [0.05, 0.1) is 29.2 Å². The molecule has 0 bridgehead atoms. The number of ketones is 1. The lowest BCUT2D eigenvalue weighted by molar-refractivity contribution is -0.126. The summed E-state index contributed by atoms with van der Waals surface area (Å²) in [5.41, 5.74) is 12.6. The third-order valence-corrected chi connectivity index (χ3v) is 4.45. The van der Waals surface area contributed by atoms with Crippen LogP contribution in [0.1, 0.15) is 23.4 Å². The molecule has 0 fully saturated rings. The van der Waals surface area contributed by atoms with Gasteiger partial charge in [0.1, 0.15) is 5.01 Å². The molecule has 0 aliphatic heterocycles. The van der Waals surface area contributed by atoms with Gasteiger partial charge < -0.3 is 16.8 Å². The summed E-state index contributed by atoms with van der Waals surface area (Å²) in [6.07, 6.45) is 0.357. The Hall–Kier alpha value is -2.32. The third kappa shape index (κ3) is 5.10. The average Bonchev–Trinajstić information content (AvgIpc) is 2.91. The van der Waals surface area contributed by atoms with Crippen molar-refractivity contribution in [2.75, 3.05) is 6.54 Å². The number of aromatic nitrogens is 1. The highest BCUT2D eigenvalue weighted by molar-refractivity contribution is 7.18. The lowest BCUT2D eigenvalue weighted by Crippen LogP contribution is -2.43. The molecule has 0 saturated heterocycles. The van der Waals surface area contributed by atoms with Gasteiger partial charge >= 0.3 is 0 Å². The maximum Gasteiger partial charge on any atom is 0.237 e. The van der Waals surface area contributed by atoms with Crippen molar-refractivity contribution in [1.82, 2.24) is 10.3 Å². The first-order valence-electron chi connectivity index (χ1n) is 7.54. The Kier molecular flexibility index (Phi) is 5.99. The molecule has 8 heteroatoms. The lowest BCUT2D eigenvalue weighted by atomic mass is 10.1. The topological polar surface area (TPSA) is 128 Å². The smallest absolute Gasteiger partial charge is 0.237 e. The first-order valence-corrected chi connectivity index (χ1v) is 8.36. The molecule has 1 atom stereocenters. The average molecular weight is 348 g/mol. The number of nitrogens with one attached hydrogen (secondary N) is 1. The predicted molar refractivity (Wildman–Crippen MR) is 92.5 cm³/mol. The number of carbonyl (C=O) groups excluding carboxylic acids is 3. The van der Waals surface area contributed by atoms with E-state index < -0.39 is 17.9 Å². The van der Waals surface area contributed by atoms with Gasteiger partial charge in [-0.05, 0) is 31.0 Å². The van der Waals surface area contributed by atoms with Crippen molar-refractivity contribution in [2.24, 2.45) is 11.5 Å². The van der Waals surface area contributed by atoms with Crippen molar-refractivity contribution in [3.8, 4) is 0 Å². The van der Waals surface area contributed by atoms with E-state index in [4.69, 9.17) is 11.5 Å². The van der Waals surface area contributed by atoms with Crippen LogP contribution in [0.25, 0.3) is 10.2 Å². The maximum absolute atomic E-state index is 12.0. The number of carbonyl (C=O) groups is 3. The van der Waals surface area contributed by atoms with Gasteiger partial charge in [0.15, 0.2) is 5.78 Å². The molecule has 0 radical (unpaired) electrons. The number of amides is 2. The lowest BCUT2D eigenvalue weighted by Gasteiger charge is -2.10. The molecule has 24 heavy (non-hydrogen) atoms. The van der Waals surface area contributed by atoms with Crippen LogP contribution in [0.3, 0.4) is 0 Å². The van der Waals surface area contributed by atoms with Crippen LogP contribution in [0.2, 0.25) is 0 Å². The van der Waals surface area contributed by atoms with E-state index in [2.05, 4.69) is 10.3 Å². The third-order valence-electron chi connectivity index (χ3n) is 3.43. The number of benzene rings is 1. The SMILES string of the molecule is Cc1ccc2nc(CC(=O)CNC(=O)[C@H](N)CCC(N)=O)sc2c1. The summed E-state index contributed by atoms with van der Waals surface area (Å²) in [5, 5.41) is 3.20. The van der Waals surface area contributed by atoms with Crippen molar-refractivity contribution < 1.29 is 14.4 Å². The van der Waals surface area contributed by atoms with E-state index in [0.717, 1.165) is 15.8 Å². The first kappa shape index (κ1) is 18.0. The Morgan fingerprint density at radius 2 is 2.08 bits per heavy atom. The molecule has 0 saturated carbocycles. The van der Waals surface area contributed by atoms with Crippen LogP contribution in [-0.2, 0) is 20.8 Å². The highest BCUT2D eigenvalue weighted by Crippen LogP contribution is 2.23. The van der Waals surface area contributed by atoms with Crippen molar-refractivity contribution in [1.29, 1.82) is 0 Å². The number of primary amides is 1. The zero-order valence-corrected chi connectivity index (χ0v) is 14.2. The minimum atomic E-state index is -0.851. The van der Waals surface area contributed by atoms with Crippen LogP contribution in [0.5, 0.6) is 0 Å². The van der Waals surface area contributed by atoms with Crippen molar-refractivity contribution in [3.05, 3.63) is 28.8 Å². The number of nitrogens with two attached hydrogens (primary N) is 2. The highest BCUT2D eigenvalue weighted by Gasteiger charge is 2.16. The molecule has 5 N–H and O–H groups in total. The first-order chi connectivity index (χ1) is 11.3. The molecule has 7 nitrogen and oxygen atoms in total. The molecule has 2 amide bonds. The van der Waals surface area contributed by atoms with E-state index in [-0.39, 0.29) is 31.6 Å². The summed E-state index contributed by atoms with van der Waals surface area (Å²) >= 11 is 1.47. The Morgan fingerprint density at radius 3 is 2.79 bits per heavy atom. The monoisotopic (exact) mass is 348 g/mol. The molecule has 1 aromatic heterocycles. The molecule has 128 valence electrons. The van der Waals surface area contributed by atoms with Gasteiger partial charge in [-0.3, -0.25) is 14.4 Å². The van der Waals surface area contributed by atoms with E-state index in [9.17, 15) is 14.4 Å². The van der Waals surface area contributed by atoms with Gasteiger partial charge in [-0.25, -0.2) is 4.98 Å². The summed E-state index contributed by atoms with van der Waals surface area (Å²) in [5.74, 6) is -1.13. The summed E-state index contributed by atoms with van der Waals surface area (Å²) in [6, 6.07) is 5.08. The number of hydrogen-bond donors (Lipinski definition) is 3. The molecule has 2 aromatic rings. The minimum absolute atomic E-state index is 0.0354. The van der Waals surface area contributed by atoms with Gasteiger partial charge in [-0.15, -0.1) is 11.3 Å². The molecule has 0 aliphatic rings. The number of Topliss-reactive ketones (excluding diaryl/α,β-unsaturated/α-hetero) is 1. The van der Waals surface area contributed by atoms with Crippen LogP contribution in [0.15, 0.2) is 18.2 Å². The summed E-state index contributed by atoms with van der Waals surface area (Å²) in [7, 11) is 0. The normalized spacial score (nSPS) is 12.1. The van der Waals surface area contributed by atoms with Crippen LogP contribution in [0, 0.1) is 6.92 Å². The Balaban J connectivity index is 1.83. The molecule has 2 rings (SSSR count). The zero-order chi connectivity index (χ0) is 17.7. The van der Waals surface area contributed by atoms with Crippen LogP contribution in [-0.4, -0.2) is 35.2 Å². The van der Waals surface area contributed by atoms with Crippen LogP contribution < -0.4 is 16.8 Å². The van der Waals surface area contributed by atoms with E-state index in [0.29, 0.717) is 5.01 Å². The zero-order valence-electron chi connectivity index (χ0n) is 13.4. The number of aryl methyl sites for hydroxylation is 1. The molecular weight excluding hydrogens is 328 g/mol. The Morgan fingerprint density at radius 1 is 1.33 bits per heavy atom. The summed E-state index contributed by atoms with van der Waals surface area (Å²) in [4.78, 5) is 38.8. The van der Waals surface area contributed by atoms with Crippen molar-refractivity contribution in [2.45, 2.75) is 32.2 Å². The second-order valence-electron chi connectivity index (χ2n) is 5.62. The largest absolute Gasteiger partial charge is 0.370 e. The second-order valence-corrected chi connectivity index (χ2v) is 6.74. The molecular formula is C16H20N4O3S. The van der Waals surface area contributed by atoms with Gasteiger partial charge in [0.2, 0.25) is 11.8 Å². The number of fused-ring (bicyclic) bond motifs is 1. The highest BCUT2D eigenvalue weighted by atomic mass is 32.1. The number of nitrogens with zero attached hydrogens (tertiary/aromatic N) is 1. The van der Waals surface area contributed by atoms with Gasteiger partial charge in [0, 0.05) is 6.42 Å². The van der Waals surface area contributed by atoms with Crippen molar-refractivity contribution >= 4 is 39.2 Å². The van der Waals surface area contributed by atoms with Gasteiger partial charge in [0.25, 0.3) is 0 Å². The van der Waals surface area contributed by atoms with E-state index in [1.165, 1.54) is 11.3 Å². The Bertz CT molecular complexity index is 772. The fourth-order valence-electron chi connectivity index (χ4n) is 2.13. The van der Waals surface area contributed by atoms with Gasteiger partial charge in [-0.1, -0.05) is 6.07 Å². The standard InChI is InChI=1S/C16H20N4O3S/c1-9-2-4-12-13(6-9)24-15(20-12)7-10(21)8-19-16(23)11(17)3-5-14(18)22/h2,4,6,11H,3,5,7-8,17H2,1H3,(H2,18,22)(H,19,23)/t11-/m1/s1. The predicted octanol–water partition coefficient (Wildman–Crippen LogP) is 0.425.